The summed E-state index contributed by atoms with van der Waals surface area (Å²) >= 11 is 0. The van der Waals surface area contributed by atoms with Crippen LogP contribution in [0.1, 0.15) is 35.4 Å². The molecule has 1 heterocycles. The van der Waals surface area contributed by atoms with Crippen LogP contribution in [0.2, 0.25) is 0 Å². The van der Waals surface area contributed by atoms with Gasteiger partial charge in [0.25, 0.3) is 10.1 Å². The van der Waals surface area contributed by atoms with Gasteiger partial charge in [0.1, 0.15) is 0 Å². The van der Waals surface area contributed by atoms with Gasteiger partial charge in [0.15, 0.2) is 0 Å². The minimum absolute atomic E-state index is 0.638. The predicted octanol–water partition coefficient (Wildman–Crippen LogP) is 3.44. The highest BCUT2D eigenvalue weighted by atomic mass is 32.2. The SMILES string of the molecule is CS(=O)(=O)O.c1ccc(CC2NCCC3c4ccccc4CCC23)cc1. The van der Waals surface area contributed by atoms with Crippen molar-refractivity contribution < 1.29 is 13.0 Å². The van der Waals surface area contributed by atoms with Crippen LogP contribution in [0.3, 0.4) is 0 Å². The van der Waals surface area contributed by atoms with E-state index in [2.05, 4.69) is 59.9 Å². The smallest absolute Gasteiger partial charge is 0.261 e. The second-order valence-electron chi connectivity index (χ2n) is 7.28. The lowest BCUT2D eigenvalue weighted by Gasteiger charge is -2.43. The molecule has 4 nitrogen and oxygen atoms in total. The Bertz CT molecular complexity index is 812. The second kappa shape index (κ2) is 8.33. The van der Waals surface area contributed by atoms with Crippen LogP contribution in [0, 0.1) is 5.92 Å². The van der Waals surface area contributed by atoms with Crippen molar-refractivity contribution in [3.63, 3.8) is 0 Å². The van der Waals surface area contributed by atoms with Crippen LogP contribution in [0.5, 0.6) is 0 Å². The first kappa shape index (κ1) is 19.1. The Morgan fingerprint density at radius 2 is 1.69 bits per heavy atom. The molecule has 0 aromatic heterocycles. The lowest BCUT2D eigenvalue weighted by molar-refractivity contribution is 0.216. The zero-order valence-corrected chi connectivity index (χ0v) is 16.0. The number of hydrogen-bond donors (Lipinski definition) is 2. The number of fused-ring (bicyclic) bond motifs is 3. The molecule has 1 aliphatic carbocycles. The molecule has 0 spiro atoms. The van der Waals surface area contributed by atoms with E-state index in [0.717, 1.165) is 18.4 Å². The molecule has 2 aromatic rings. The van der Waals surface area contributed by atoms with E-state index in [0.29, 0.717) is 12.3 Å². The van der Waals surface area contributed by atoms with Gasteiger partial charge in [-0.2, -0.15) is 8.42 Å². The molecule has 0 bridgehead atoms. The summed E-state index contributed by atoms with van der Waals surface area (Å²) in [6.07, 6.45) is 5.78. The number of nitrogens with one attached hydrogen (secondary N) is 1. The van der Waals surface area contributed by atoms with Gasteiger partial charge in [0.2, 0.25) is 0 Å². The maximum absolute atomic E-state index is 9.19. The van der Waals surface area contributed by atoms with E-state index in [-0.39, 0.29) is 0 Å². The molecule has 5 heteroatoms. The molecule has 26 heavy (non-hydrogen) atoms. The summed E-state index contributed by atoms with van der Waals surface area (Å²) in [6, 6.07) is 20.7. The van der Waals surface area contributed by atoms with Crippen LogP contribution in [0.4, 0.5) is 0 Å². The fourth-order valence-electron chi connectivity index (χ4n) is 4.40. The van der Waals surface area contributed by atoms with Crippen LogP contribution in [-0.4, -0.2) is 31.8 Å². The summed E-state index contributed by atoms with van der Waals surface area (Å²) < 4.78 is 25.9. The van der Waals surface area contributed by atoms with Crippen molar-refractivity contribution >= 4 is 10.1 Å². The van der Waals surface area contributed by atoms with Gasteiger partial charge in [-0.3, -0.25) is 4.55 Å². The van der Waals surface area contributed by atoms with Crippen LogP contribution in [0.25, 0.3) is 0 Å². The molecule has 1 saturated heterocycles. The van der Waals surface area contributed by atoms with Crippen molar-refractivity contribution in [2.45, 2.75) is 37.6 Å². The van der Waals surface area contributed by atoms with Crippen molar-refractivity contribution in [2.24, 2.45) is 5.92 Å². The van der Waals surface area contributed by atoms with E-state index in [9.17, 15) is 8.42 Å². The predicted molar refractivity (Wildman–Crippen MR) is 105 cm³/mol. The molecule has 3 unspecified atom stereocenters. The van der Waals surface area contributed by atoms with Gasteiger partial charge in [-0.05, 0) is 60.8 Å². The molecule has 0 amide bonds. The van der Waals surface area contributed by atoms with Crippen molar-refractivity contribution in [1.29, 1.82) is 0 Å². The Morgan fingerprint density at radius 1 is 1.04 bits per heavy atom. The number of rotatable bonds is 2. The van der Waals surface area contributed by atoms with E-state index in [4.69, 9.17) is 4.55 Å². The molecule has 0 saturated carbocycles. The highest BCUT2D eigenvalue weighted by Gasteiger charge is 2.37. The van der Waals surface area contributed by atoms with Gasteiger partial charge in [-0.1, -0.05) is 54.6 Å². The first-order valence-electron chi connectivity index (χ1n) is 9.19. The molecule has 2 aliphatic rings. The van der Waals surface area contributed by atoms with Gasteiger partial charge in [-0.15, -0.1) is 0 Å². The molecule has 1 aliphatic heterocycles. The summed E-state index contributed by atoms with van der Waals surface area (Å²) in [5.74, 6) is 1.57. The number of benzene rings is 2. The summed E-state index contributed by atoms with van der Waals surface area (Å²) in [5.41, 5.74) is 4.70. The first-order chi connectivity index (χ1) is 12.4. The fraction of sp³-hybridized carbons (Fsp3) is 0.429. The molecule has 4 rings (SSSR count). The highest BCUT2D eigenvalue weighted by Crippen LogP contribution is 2.42. The summed E-state index contributed by atoms with van der Waals surface area (Å²) in [4.78, 5) is 0. The Morgan fingerprint density at radius 3 is 2.42 bits per heavy atom. The van der Waals surface area contributed by atoms with Crippen LogP contribution < -0.4 is 5.32 Å². The number of piperidine rings is 1. The highest BCUT2D eigenvalue weighted by molar-refractivity contribution is 7.85. The molecular weight excluding hydrogens is 346 g/mol. The van der Waals surface area contributed by atoms with Crippen LogP contribution in [-0.2, 0) is 23.0 Å². The standard InChI is InChI=1S/C20H23N.CH4O3S/c1-2-6-15(7-3-1)14-20-19-11-10-16-8-4-5-9-17(16)18(19)12-13-21-20;1-5(2,3)4/h1-9,18-21H,10-14H2;1H3,(H,2,3,4). The van der Waals surface area contributed by atoms with Crippen molar-refractivity contribution in [2.75, 3.05) is 12.8 Å². The maximum Gasteiger partial charge on any atom is 0.261 e. The van der Waals surface area contributed by atoms with Crippen LogP contribution in [0.15, 0.2) is 54.6 Å². The average Bonchev–Trinajstić information content (AvgIpc) is 2.61. The zero-order valence-electron chi connectivity index (χ0n) is 15.1. The maximum atomic E-state index is 9.19. The van der Waals surface area contributed by atoms with Gasteiger partial charge >= 0.3 is 0 Å². The molecule has 140 valence electrons. The van der Waals surface area contributed by atoms with E-state index in [1.807, 2.05) is 0 Å². The quantitative estimate of drug-likeness (QED) is 0.792. The van der Waals surface area contributed by atoms with E-state index >= 15 is 0 Å². The first-order valence-corrected chi connectivity index (χ1v) is 11.0. The second-order valence-corrected chi connectivity index (χ2v) is 8.75. The fourth-order valence-corrected chi connectivity index (χ4v) is 4.40. The van der Waals surface area contributed by atoms with Gasteiger partial charge in [0.05, 0.1) is 6.26 Å². The monoisotopic (exact) mass is 373 g/mol. The van der Waals surface area contributed by atoms with E-state index in [1.165, 1.54) is 31.2 Å². The molecule has 0 radical (unpaired) electrons. The molecule has 2 N–H and O–H groups in total. The Balaban J connectivity index is 0.000000349. The third-order valence-electron chi connectivity index (χ3n) is 5.40. The Kier molecular flexibility index (Phi) is 6.12. The van der Waals surface area contributed by atoms with Crippen molar-refractivity contribution in [3.05, 3.63) is 71.3 Å². The lowest BCUT2D eigenvalue weighted by atomic mass is 9.68. The van der Waals surface area contributed by atoms with Gasteiger partial charge in [-0.25, -0.2) is 0 Å². The average molecular weight is 374 g/mol. The molecular formula is C21H27NO3S. The lowest BCUT2D eigenvalue weighted by Crippen LogP contribution is -2.47. The summed E-state index contributed by atoms with van der Waals surface area (Å²) in [7, 11) is -3.67. The minimum atomic E-state index is -3.67. The topological polar surface area (TPSA) is 66.4 Å². The third-order valence-corrected chi connectivity index (χ3v) is 5.40. The van der Waals surface area contributed by atoms with Crippen LogP contribution >= 0.6 is 0 Å². The summed E-state index contributed by atoms with van der Waals surface area (Å²) in [5, 5.41) is 3.80. The Hall–Kier alpha value is -1.69. The summed E-state index contributed by atoms with van der Waals surface area (Å²) in [6.45, 7) is 1.16. The molecule has 2 aromatic carbocycles. The van der Waals surface area contributed by atoms with Gasteiger partial charge < -0.3 is 5.32 Å². The van der Waals surface area contributed by atoms with E-state index in [1.54, 1.807) is 11.1 Å². The minimum Gasteiger partial charge on any atom is -0.313 e. The van der Waals surface area contributed by atoms with E-state index < -0.39 is 10.1 Å². The largest absolute Gasteiger partial charge is 0.313 e. The third kappa shape index (κ3) is 5.16. The number of hydrogen-bond acceptors (Lipinski definition) is 3. The molecule has 3 atom stereocenters. The number of aryl methyl sites for hydroxylation is 1. The van der Waals surface area contributed by atoms with Gasteiger partial charge in [0, 0.05) is 6.04 Å². The normalized spacial score (nSPS) is 24.6. The zero-order chi connectivity index (χ0) is 18.6. The Labute approximate surface area is 156 Å². The van der Waals surface area contributed by atoms with Crippen molar-refractivity contribution in [1.82, 2.24) is 5.32 Å². The molecule has 1 fully saturated rings. The van der Waals surface area contributed by atoms with Crippen molar-refractivity contribution in [3.8, 4) is 0 Å².